The molecule has 6 heteroatoms. The summed E-state index contributed by atoms with van der Waals surface area (Å²) in [6.45, 7) is 5.63. The molecule has 1 saturated carbocycles. The molecular formula is C18H24FN3O2. The number of rotatable bonds is 5. The normalized spacial score (nSPS) is 19.8. The highest BCUT2D eigenvalue weighted by Gasteiger charge is 2.53. The molecule has 2 aliphatic rings. The van der Waals surface area contributed by atoms with Crippen LogP contribution >= 0.6 is 0 Å². The van der Waals surface area contributed by atoms with E-state index >= 15 is 0 Å². The van der Waals surface area contributed by atoms with Gasteiger partial charge in [-0.1, -0.05) is 12.1 Å². The second-order valence-electron chi connectivity index (χ2n) is 6.61. The van der Waals surface area contributed by atoms with E-state index in [1.165, 1.54) is 12.1 Å². The quantitative estimate of drug-likeness (QED) is 0.879. The Morgan fingerprint density at radius 1 is 1.12 bits per heavy atom. The molecule has 2 fully saturated rings. The molecule has 0 radical (unpaired) electrons. The van der Waals surface area contributed by atoms with Gasteiger partial charge in [-0.2, -0.15) is 0 Å². The van der Waals surface area contributed by atoms with Crippen LogP contribution in [0, 0.1) is 5.82 Å². The standard InChI is InChI=1S/C18H24FN3O2/c1-2-20-16(23)13-21-9-11-22(12-10-21)17(24)18(7-8-18)14-3-5-15(19)6-4-14/h3-6H,2,7-13H2,1H3,(H,20,23). The molecule has 130 valence electrons. The third-order valence-electron chi connectivity index (χ3n) is 4.96. The molecule has 5 nitrogen and oxygen atoms in total. The van der Waals surface area contributed by atoms with Gasteiger partial charge in [-0.05, 0) is 37.5 Å². The molecule has 1 aliphatic heterocycles. The Morgan fingerprint density at radius 3 is 2.29 bits per heavy atom. The minimum absolute atomic E-state index is 0.0299. The molecule has 1 saturated heterocycles. The Morgan fingerprint density at radius 2 is 1.75 bits per heavy atom. The Balaban J connectivity index is 1.57. The van der Waals surface area contributed by atoms with Crippen molar-refractivity contribution in [3.05, 3.63) is 35.6 Å². The molecule has 24 heavy (non-hydrogen) atoms. The van der Waals surface area contributed by atoms with E-state index in [2.05, 4.69) is 10.2 Å². The minimum atomic E-state index is -0.449. The van der Waals surface area contributed by atoms with Crippen molar-refractivity contribution in [2.24, 2.45) is 0 Å². The van der Waals surface area contributed by atoms with Crippen LogP contribution in [0.2, 0.25) is 0 Å². The van der Waals surface area contributed by atoms with Crippen molar-refractivity contribution in [3.63, 3.8) is 0 Å². The maximum atomic E-state index is 13.1. The van der Waals surface area contributed by atoms with Crippen molar-refractivity contribution in [1.82, 2.24) is 15.1 Å². The predicted octanol–water partition coefficient (Wildman–Crippen LogP) is 1.14. The molecule has 0 atom stereocenters. The lowest BCUT2D eigenvalue weighted by atomic mass is 9.94. The molecule has 1 N–H and O–H groups in total. The highest BCUT2D eigenvalue weighted by Crippen LogP contribution is 2.49. The third kappa shape index (κ3) is 3.43. The Bertz CT molecular complexity index is 605. The number of carbonyl (C=O) groups is 2. The summed E-state index contributed by atoms with van der Waals surface area (Å²) in [7, 11) is 0. The Kier molecular flexibility index (Phi) is 4.85. The predicted molar refractivity (Wildman–Crippen MR) is 89.0 cm³/mol. The number of carbonyl (C=O) groups excluding carboxylic acids is 2. The molecule has 0 aromatic heterocycles. The molecule has 3 rings (SSSR count). The topological polar surface area (TPSA) is 52.7 Å². The SMILES string of the molecule is CCNC(=O)CN1CCN(C(=O)C2(c3ccc(F)cc3)CC2)CC1. The van der Waals surface area contributed by atoms with Crippen molar-refractivity contribution >= 4 is 11.8 Å². The zero-order valence-electron chi connectivity index (χ0n) is 14.1. The smallest absolute Gasteiger partial charge is 0.234 e. The molecular weight excluding hydrogens is 309 g/mol. The second-order valence-corrected chi connectivity index (χ2v) is 6.61. The van der Waals surface area contributed by atoms with Gasteiger partial charge in [0.05, 0.1) is 12.0 Å². The number of nitrogens with one attached hydrogen (secondary N) is 1. The Hall–Kier alpha value is -1.95. The van der Waals surface area contributed by atoms with E-state index in [4.69, 9.17) is 0 Å². The largest absolute Gasteiger partial charge is 0.355 e. The van der Waals surface area contributed by atoms with E-state index in [-0.39, 0.29) is 17.6 Å². The van der Waals surface area contributed by atoms with E-state index in [0.29, 0.717) is 39.3 Å². The average Bonchev–Trinajstić information content (AvgIpc) is 3.37. The maximum absolute atomic E-state index is 13.1. The fraction of sp³-hybridized carbons (Fsp3) is 0.556. The summed E-state index contributed by atoms with van der Waals surface area (Å²) in [5, 5.41) is 2.80. The van der Waals surface area contributed by atoms with Gasteiger partial charge in [0.2, 0.25) is 11.8 Å². The first kappa shape index (κ1) is 16.9. The van der Waals surface area contributed by atoms with Gasteiger partial charge in [0, 0.05) is 32.7 Å². The van der Waals surface area contributed by atoms with E-state index in [1.807, 2.05) is 11.8 Å². The van der Waals surface area contributed by atoms with Gasteiger partial charge >= 0.3 is 0 Å². The molecule has 1 aromatic carbocycles. The van der Waals surface area contributed by atoms with E-state index < -0.39 is 5.41 Å². The van der Waals surface area contributed by atoms with Crippen molar-refractivity contribution in [2.75, 3.05) is 39.3 Å². The number of piperazine rings is 1. The van der Waals surface area contributed by atoms with Crippen molar-refractivity contribution in [3.8, 4) is 0 Å². The van der Waals surface area contributed by atoms with Crippen molar-refractivity contribution in [1.29, 1.82) is 0 Å². The summed E-state index contributed by atoms with van der Waals surface area (Å²) >= 11 is 0. The summed E-state index contributed by atoms with van der Waals surface area (Å²) in [5.74, 6) is -0.102. The lowest BCUT2D eigenvalue weighted by Crippen LogP contribution is -2.53. The van der Waals surface area contributed by atoms with Gasteiger partial charge < -0.3 is 10.2 Å². The van der Waals surface area contributed by atoms with Crippen molar-refractivity contribution in [2.45, 2.75) is 25.2 Å². The molecule has 1 heterocycles. The van der Waals surface area contributed by atoms with Crippen LogP contribution in [0.1, 0.15) is 25.3 Å². The van der Waals surface area contributed by atoms with Crippen LogP contribution < -0.4 is 5.32 Å². The first-order valence-electron chi connectivity index (χ1n) is 8.59. The van der Waals surface area contributed by atoms with E-state index in [9.17, 15) is 14.0 Å². The molecule has 1 aliphatic carbocycles. The highest BCUT2D eigenvalue weighted by atomic mass is 19.1. The van der Waals surface area contributed by atoms with Gasteiger partial charge in [-0.3, -0.25) is 14.5 Å². The van der Waals surface area contributed by atoms with Gasteiger partial charge in [0.15, 0.2) is 0 Å². The van der Waals surface area contributed by atoms with Crippen LogP contribution in [-0.4, -0.2) is 60.9 Å². The number of benzene rings is 1. The number of nitrogens with zero attached hydrogens (tertiary/aromatic N) is 2. The van der Waals surface area contributed by atoms with Crippen LogP contribution in [0.4, 0.5) is 4.39 Å². The van der Waals surface area contributed by atoms with Crippen LogP contribution in [0.3, 0.4) is 0 Å². The molecule has 0 bridgehead atoms. The van der Waals surface area contributed by atoms with E-state index in [1.54, 1.807) is 12.1 Å². The summed E-state index contributed by atoms with van der Waals surface area (Å²) in [6.07, 6.45) is 1.66. The number of halogens is 1. The summed E-state index contributed by atoms with van der Waals surface area (Å²) in [4.78, 5) is 28.5. The first-order chi connectivity index (χ1) is 11.5. The maximum Gasteiger partial charge on any atom is 0.234 e. The fourth-order valence-electron chi connectivity index (χ4n) is 3.39. The molecule has 1 aromatic rings. The minimum Gasteiger partial charge on any atom is -0.355 e. The number of hydrogen-bond donors (Lipinski definition) is 1. The van der Waals surface area contributed by atoms with Crippen molar-refractivity contribution < 1.29 is 14.0 Å². The lowest BCUT2D eigenvalue weighted by molar-refractivity contribution is -0.136. The number of amides is 2. The average molecular weight is 333 g/mol. The number of likely N-dealkylation sites (N-methyl/N-ethyl adjacent to an activating group) is 1. The fourth-order valence-corrected chi connectivity index (χ4v) is 3.39. The Labute approximate surface area is 141 Å². The lowest BCUT2D eigenvalue weighted by Gasteiger charge is -2.36. The van der Waals surface area contributed by atoms with Crippen LogP contribution in [0.25, 0.3) is 0 Å². The summed E-state index contributed by atoms with van der Waals surface area (Å²) in [5.41, 5.74) is 0.466. The highest BCUT2D eigenvalue weighted by molar-refractivity contribution is 5.91. The van der Waals surface area contributed by atoms with Crippen LogP contribution in [0.5, 0.6) is 0 Å². The third-order valence-corrected chi connectivity index (χ3v) is 4.96. The summed E-state index contributed by atoms with van der Waals surface area (Å²) < 4.78 is 13.1. The van der Waals surface area contributed by atoms with Gasteiger partial charge in [-0.25, -0.2) is 4.39 Å². The second kappa shape index (κ2) is 6.89. The van der Waals surface area contributed by atoms with Crippen LogP contribution in [-0.2, 0) is 15.0 Å². The monoisotopic (exact) mass is 333 g/mol. The zero-order chi connectivity index (χ0) is 17.2. The summed E-state index contributed by atoms with van der Waals surface area (Å²) in [6, 6.07) is 6.30. The molecule has 0 spiro atoms. The zero-order valence-corrected chi connectivity index (χ0v) is 14.1. The molecule has 0 unspecified atom stereocenters. The van der Waals surface area contributed by atoms with Gasteiger partial charge in [0.1, 0.15) is 5.82 Å². The first-order valence-corrected chi connectivity index (χ1v) is 8.59. The van der Waals surface area contributed by atoms with Gasteiger partial charge in [-0.15, -0.1) is 0 Å². The van der Waals surface area contributed by atoms with Gasteiger partial charge in [0.25, 0.3) is 0 Å². The van der Waals surface area contributed by atoms with Crippen LogP contribution in [0.15, 0.2) is 24.3 Å². The molecule has 2 amide bonds. The number of hydrogen-bond acceptors (Lipinski definition) is 3. The van der Waals surface area contributed by atoms with E-state index in [0.717, 1.165) is 18.4 Å².